The number of rotatable bonds is 4. The maximum absolute atomic E-state index is 12.5. The molecule has 27 heavy (non-hydrogen) atoms. The Morgan fingerprint density at radius 2 is 1.74 bits per heavy atom. The zero-order valence-electron chi connectivity index (χ0n) is 15.1. The van der Waals surface area contributed by atoms with Crippen molar-refractivity contribution in [3.05, 3.63) is 64.2 Å². The summed E-state index contributed by atoms with van der Waals surface area (Å²) in [5.74, 6) is 0.0486. The van der Waals surface area contributed by atoms with Gasteiger partial charge in [0, 0.05) is 36.8 Å². The van der Waals surface area contributed by atoms with Crippen molar-refractivity contribution in [2.75, 3.05) is 31.1 Å². The van der Waals surface area contributed by atoms with Gasteiger partial charge in [-0.15, -0.1) is 0 Å². The van der Waals surface area contributed by atoms with E-state index in [4.69, 9.17) is 11.6 Å². The zero-order valence-corrected chi connectivity index (χ0v) is 15.9. The Bertz CT molecular complexity index is 895. The molecule has 0 radical (unpaired) electrons. The fourth-order valence-corrected chi connectivity index (χ4v) is 3.32. The summed E-state index contributed by atoms with van der Waals surface area (Å²) in [4.78, 5) is 28.1. The van der Waals surface area contributed by atoms with Crippen molar-refractivity contribution >= 4 is 29.0 Å². The average Bonchev–Trinajstić information content (AvgIpc) is 2.69. The number of benzene rings is 2. The van der Waals surface area contributed by atoms with Gasteiger partial charge in [0.1, 0.15) is 6.07 Å². The van der Waals surface area contributed by atoms with Crippen LogP contribution in [-0.2, 0) is 11.2 Å². The number of hydrogen-bond donors (Lipinski definition) is 0. The Hall–Kier alpha value is -2.84. The van der Waals surface area contributed by atoms with Gasteiger partial charge in [-0.25, -0.2) is 0 Å². The molecule has 2 aromatic carbocycles. The smallest absolute Gasteiger partial charge is 0.227 e. The molecule has 5 nitrogen and oxygen atoms in total. The van der Waals surface area contributed by atoms with Crippen LogP contribution in [0.3, 0.4) is 0 Å². The fourth-order valence-electron chi connectivity index (χ4n) is 3.19. The normalized spacial score (nSPS) is 14.0. The number of amides is 1. The molecule has 1 fully saturated rings. The van der Waals surface area contributed by atoms with E-state index >= 15 is 0 Å². The van der Waals surface area contributed by atoms with Gasteiger partial charge in [-0.05, 0) is 42.8 Å². The highest BCUT2D eigenvalue weighted by molar-refractivity contribution is 6.30. The van der Waals surface area contributed by atoms with Crippen molar-refractivity contribution in [1.29, 1.82) is 5.26 Å². The molecule has 0 unspecified atom stereocenters. The maximum Gasteiger partial charge on any atom is 0.227 e. The lowest BCUT2D eigenvalue weighted by Gasteiger charge is -2.36. The molecule has 2 aromatic rings. The summed E-state index contributed by atoms with van der Waals surface area (Å²) in [7, 11) is 0. The van der Waals surface area contributed by atoms with Crippen LogP contribution in [0.4, 0.5) is 5.69 Å². The van der Waals surface area contributed by atoms with Gasteiger partial charge in [-0.3, -0.25) is 9.59 Å². The summed E-state index contributed by atoms with van der Waals surface area (Å²) in [5.41, 5.74) is 2.83. The first kappa shape index (κ1) is 18.9. The highest BCUT2D eigenvalue weighted by atomic mass is 35.5. The third-order valence-corrected chi connectivity index (χ3v) is 5.02. The first-order chi connectivity index (χ1) is 13.0. The van der Waals surface area contributed by atoms with E-state index in [9.17, 15) is 14.9 Å². The van der Waals surface area contributed by atoms with Gasteiger partial charge in [-0.1, -0.05) is 23.7 Å². The summed E-state index contributed by atoms with van der Waals surface area (Å²) >= 11 is 5.88. The molecule has 0 bridgehead atoms. The number of hydrogen-bond acceptors (Lipinski definition) is 4. The predicted molar refractivity (Wildman–Crippen MR) is 105 cm³/mol. The number of carbonyl (C=O) groups is 2. The van der Waals surface area contributed by atoms with Crippen molar-refractivity contribution in [2.45, 2.75) is 13.3 Å². The Balaban J connectivity index is 1.66. The molecule has 1 aliphatic rings. The Kier molecular flexibility index (Phi) is 5.78. The van der Waals surface area contributed by atoms with Crippen LogP contribution in [0, 0.1) is 11.3 Å². The SMILES string of the molecule is CC(=O)c1ccc(C#N)c(N2CCN(C(=O)Cc3ccc(Cl)cc3)CC2)c1. The number of anilines is 1. The van der Waals surface area contributed by atoms with Gasteiger partial charge < -0.3 is 9.80 Å². The quantitative estimate of drug-likeness (QED) is 0.762. The van der Waals surface area contributed by atoms with Gasteiger partial charge in [0.2, 0.25) is 5.91 Å². The van der Waals surface area contributed by atoms with Crippen LogP contribution < -0.4 is 4.90 Å². The molecule has 6 heteroatoms. The zero-order chi connectivity index (χ0) is 19.4. The van der Waals surface area contributed by atoms with Gasteiger partial charge in [-0.2, -0.15) is 5.26 Å². The molecule has 0 aromatic heterocycles. The number of ketones is 1. The number of Topliss-reactive ketones (excluding diaryl/α,β-unsaturated/α-hetero) is 1. The van der Waals surface area contributed by atoms with E-state index in [1.165, 1.54) is 6.92 Å². The minimum atomic E-state index is -0.0301. The Labute approximate surface area is 163 Å². The lowest BCUT2D eigenvalue weighted by Crippen LogP contribution is -2.49. The van der Waals surface area contributed by atoms with E-state index < -0.39 is 0 Å². The molecule has 1 saturated heterocycles. The lowest BCUT2D eigenvalue weighted by atomic mass is 10.1. The summed E-state index contributed by atoms with van der Waals surface area (Å²) in [6.45, 7) is 3.94. The van der Waals surface area contributed by atoms with Crippen LogP contribution in [0.5, 0.6) is 0 Å². The van der Waals surface area contributed by atoms with Crippen molar-refractivity contribution in [2.24, 2.45) is 0 Å². The topological polar surface area (TPSA) is 64.4 Å². The molecule has 0 saturated carbocycles. The van der Waals surface area contributed by atoms with Crippen LogP contribution in [0.15, 0.2) is 42.5 Å². The van der Waals surface area contributed by atoms with Gasteiger partial charge in [0.05, 0.1) is 17.7 Å². The molecule has 0 atom stereocenters. The monoisotopic (exact) mass is 381 g/mol. The van der Waals surface area contributed by atoms with Crippen LogP contribution in [0.1, 0.15) is 28.4 Å². The number of carbonyl (C=O) groups excluding carboxylic acids is 2. The molecule has 0 N–H and O–H groups in total. The largest absolute Gasteiger partial charge is 0.367 e. The van der Waals surface area contributed by atoms with Gasteiger partial charge in [0.25, 0.3) is 0 Å². The molecular weight excluding hydrogens is 362 g/mol. The van der Waals surface area contributed by atoms with Crippen molar-refractivity contribution < 1.29 is 9.59 Å². The minimum Gasteiger partial charge on any atom is -0.367 e. The van der Waals surface area contributed by atoms with E-state index in [1.54, 1.807) is 30.3 Å². The Morgan fingerprint density at radius 3 is 2.33 bits per heavy atom. The van der Waals surface area contributed by atoms with Crippen molar-refractivity contribution in [3.8, 4) is 6.07 Å². The highest BCUT2D eigenvalue weighted by Crippen LogP contribution is 2.24. The first-order valence-electron chi connectivity index (χ1n) is 8.80. The second-order valence-corrected chi connectivity index (χ2v) is 7.01. The number of nitriles is 1. The minimum absolute atomic E-state index is 0.0301. The fraction of sp³-hybridized carbons (Fsp3) is 0.286. The van der Waals surface area contributed by atoms with Crippen molar-refractivity contribution in [3.63, 3.8) is 0 Å². The van der Waals surface area contributed by atoms with Gasteiger partial charge >= 0.3 is 0 Å². The molecule has 1 amide bonds. The predicted octanol–water partition coefficient (Wildman–Crippen LogP) is 3.31. The highest BCUT2D eigenvalue weighted by Gasteiger charge is 2.23. The van der Waals surface area contributed by atoms with E-state index in [-0.39, 0.29) is 11.7 Å². The molecular formula is C21H20ClN3O2. The summed E-state index contributed by atoms with van der Waals surface area (Å²) in [6.07, 6.45) is 0.348. The second kappa shape index (κ2) is 8.24. The summed E-state index contributed by atoms with van der Waals surface area (Å²) < 4.78 is 0. The third-order valence-electron chi connectivity index (χ3n) is 4.77. The molecule has 1 heterocycles. The standard InChI is InChI=1S/C21H20ClN3O2/c1-15(26)17-4-5-18(14-23)20(13-17)24-8-10-25(11-9-24)21(27)12-16-2-6-19(22)7-3-16/h2-7,13H,8-12H2,1H3. The Morgan fingerprint density at radius 1 is 1.07 bits per heavy atom. The van der Waals surface area contributed by atoms with E-state index in [2.05, 4.69) is 11.0 Å². The van der Waals surface area contributed by atoms with Gasteiger partial charge in [0.15, 0.2) is 5.78 Å². The number of piperazine rings is 1. The lowest BCUT2D eigenvalue weighted by molar-refractivity contribution is -0.130. The third kappa shape index (κ3) is 4.47. The number of halogens is 1. The van der Waals surface area contributed by atoms with E-state index in [0.29, 0.717) is 48.7 Å². The van der Waals surface area contributed by atoms with E-state index in [1.807, 2.05) is 17.0 Å². The van der Waals surface area contributed by atoms with E-state index in [0.717, 1.165) is 11.3 Å². The van der Waals surface area contributed by atoms with Crippen molar-refractivity contribution in [1.82, 2.24) is 4.90 Å². The number of nitrogens with zero attached hydrogens (tertiary/aromatic N) is 3. The molecule has 138 valence electrons. The first-order valence-corrected chi connectivity index (χ1v) is 9.18. The van der Waals surface area contributed by atoms with Crippen LogP contribution in [-0.4, -0.2) is 42.8 Å². The van der Waals surface area contributed by atoms with Crippen LogP contribution in [0.2, 0.25) is 5.02 Å². The second-order valence-electron chi connectivity index (χ2n) is 6.57. The molecule has 3 rings (SSSR count). The maximum atomic E-state index is 12.5. The summed E-state index contributed by atoms with van der Waals surface area (Å²) in [6, 6.07) is 14.6. The average molecular weight is 382 g/mol. The molecule has 1 aliphatic heterocycles. The summed E-state index contributed by atoms with van der Waals surface area (Å²) in [5, 5.41) is 10.0. The van der Waals surface area contributed by atoms with Crippen LogP contribution >= 0.6 is 11.6 Å². The molecule has 0 aliphatic carbocycles. The van der Waals surface area contributed by atoms with Crippen LogP contribution in [0.25, 0.3) is 0 Å². The molecule has 0 spiro atoms.